The Hall–Kier alpha value is -2.96. The van der Waals surface area contributed by atoms with E-state index < -0.39 is 16.1 Å². The minimum absolute atomic E-state index is 0.0236. The molecule has 7 nitrogen and oxygen atoms in total. The molecule has 2 aromatic carbocycles. The monoisotopic (exact) mass is 387 g/mol. The van der Waals surface area contributed by atoms with E-state index in [2.05, 4.69) is 4.84 Å². The molecule has 0 atom stereocenters. The van der Waals surface area contributed by atoms with Gasteiger partial charge in [-0.25, -0.2) is 0 Å². The van der Waals surface area contributed by atoms with Crippen molar-refractivity contribution in [3.63, 3.8) is 0 Å². The van der Waals surface area contributed by atoms with Crippen LogP contribution < -0.4 is 9.47 Å². The summed E-state index contributed by atoms with van der Waals surface area (Å²) >= 11 is 0. The Morgan fingerprint density at radius 1 is 1.25 bits per heavy atom. The highest BCUT2D eigenvalue weighted by atomic mass is 16.9. The summed E-state index contributed by atoms with van der Waals surface area (Å²) in [6.45, 7) is 7.82. The summed E-state index contributed by atoms with van der Waals surface area (Å²) in [7, 11) is 1.60. The van der Waals surface area contributed by atoms with Gasteiger partial charge in [0.1, 0.15) is 22.8 Å². The Morgan fingerprint density at radius 2 is 1.96 bits per heavy atom. The van der Waals surface area contributed by atoms with Gasteiger partial charge in [-0.1, -0.05) is 19.9 Å². The molecule has 28 heavy (non-hydrogen) atoms. The van der Waals surface area contributed by atoms with Crippen molar-refractivity contribution in [1.82, 2.24) is 0 Å². The van der Waals surface area contributed by atoms with E-state index in [1.54, 1.807) is 13.2 Å². The molecular weight excluding hydrogens is 362 g/mol. The molecule has 0 radical (unpaired) electrons. The number of ether oxygens (including phenoxy) is 2. The number of rotatable bonds is 6. The number of hydrogen-bond donors (Lipinski definition) is 1. The van der Waals surface area contributed by atoms with Crippen molar-refractivity contribution < 1.29 is 24.5 Å². The second kappa shape index (κ2) is 6.89. The van der Waals surface area contributed by atoms with Crippen LogP contribution in [0, 0.1) is 10.1 Å². The summed E-state index contributed by atoms with van der Waals surface area (Å²) in [4.78, 5) is 14.9. The topological polar surface area (TPSA) is 91.1 Å². The molecule has 7 heteroatoms. The Bertz CT molecular complexity index is 919. The van der Waals surface area contributed by atoms with Crippen LogP contribution in [-0.4, -0.2) is 23.9 Å². The molecule has 1 N–H and O–H groups in total. The van der Waals surface area contributed by atoms with Crippen LogP contribution in [0.3, 0.4) is 0 Å². The van der Waals surface area contributed by atoms with E-state index in [4.69, 9.17) is 9.47 Å². The van der Waals surface area contributed by atoms with E-state index in [1.807, 2.05) is 52.0 Å². The number of nitrogens with zero attached hydrogens (tertiary/aromatic N) is 1. The lowest BCUT2D eigenvalue weighted by Gasteiger charge is -2.36. The average Bonchev–Trinajstić information content (AvgIpc) is 2.59. The maximum absolute atomic E-state index is 10.8. The number of phenols is 1. The van der Waals surface area contributed by atoms with Crippen molar-refractivity contribution in [3.05, 3.63) is 51.6 Å². The zero-order valence-corrected chi connectivity index (χ0v) is 16.7. The number of aromatic hydroxyl groups is 1. The quantitative estimate of drug-likeness (QED) is 0.577. The largest absolute Gasteiger partial charge is 0.507 e. The molecule has 0 aliphatic carbocycles. The highest BCUT2D eigenvalue weighted by Crippen LogP contribution is 2.51. The van der Waals surface area contributed by atoms with Gasteiger partial charge in [-0.2, -0.15) is 0 Å². The van der Waals surface area contributed by atoms with Gasteiger partial charge in [0.2, 0.25) is 0 Å². The molecule has 1 heterocycles. The zero-order valence-electron chi connectivity index (χ0n) is 16.7. The molecular formula is C21H25NO6. The molecule has 0 saturated heterocycles. The van der Waals surface area contributed by atoms with Crippen molar-refractivity contribution in [2.24, 2.45) is 0 Å². The third kappa shape index (κ3) is 3.56. The smallest absolute Gasteiger partial charge is 0.294 e. The number of methoxy groups -OCH3 is 1. The van der Waals surface area contributed by atoms with Crippen LogP contribution >= 0.6 is 0 Å². The maximum Gasteiger partial charge on any atom is 0.294 e. The minimum atomic E-state index is -0.795. The Balaban J connectivity index is 2.06. The van der Waals surface area contributed by atoms with Crippen LogP contribution in [0.15, 0.2) is 30.3 Å². The maximum atomic E-state index is 10.8. The molecule has 0 saturated carbocycles. The Morgan fingerprint density at radius 3 is 2.61 bits per heavy atom. The van der Waals surface area contributed by atoms with Gasteiger partial charge in [-0.05, 0) is 61.1 Å². The van der Waals surface area contributed by atoms with Crippen molar-refractivity contribution in [2.45, 2.75) is 45.1 Å². The first-order valence-corrected chi connectivity index (χ1v) is 9.08. The second-order valence-corrected chi connectivity index (χ2v) is 8.08. The lowest BCUT2D eigenvalue weighted by molar-refractivity contribution is -0.758. The lowest BCUT2D eigenvalue weighted by atomic mass is 9.79. The van der Waals surface area contributed by atoms with E-state index in [0.717, 1.165) is 16.7 Å². The summed E-state index contributed by atoms with van der Waals surface area (Å²) in [5.74, 6) is 1.37. The van der Waals surface area contributed by atoms with E-state index in [0.29, 0.717) is 23.5 Å². The molecule has 0 bridgehead atoms. The summed E-state index contributed by atoms with van der Waals surface area (Å²) in [5.41, 5.74) is 2.22. The molecule has 1 aliphatic rings. The van der Waals surface area contributed by atoms with E-state index in [9.17, 15) is 15.2 Å². The van der Waals surface area contributed by atoms with E-state index >= 15 is 0 Å². The van der Waals surface area contributed by atoms with Gasteiger partial charge in [0.25, 0.3) is 5.09 Å². The van der Waals surface area contributed by atoms with E-state index in [-0.39, 0.29) is 12.4 Å². The van der Waals surface area contributed by atoms with Gasteiger partial charge in [0.15, 0.2) is 0 Å². The summed E-state index contributed by atoms with van der Waals surface area (Å²) in [6, 6.07) is 9.30. The van der Waals surface area contributed by atoms with Crippen molar-refractivity contribution in [3.8, 4) is 28.4 Å². The van der Waals surface area contributed by atoms with Gasteiger partial charge in [0, 0.05) is 5.56 Å². The molecule has 2 aromatic rings. The van der Waals surface area contributed by atoms with Crippen molar-refractivity contribution >= 4 is 0 Å². The van der Waals surface area contributed by atoms with Crippen LogP contribution in [0.1, 0.15) is 45.2 Å². The van der Waals surface area contributed by atoms with Crippen LogP contribution in [0.2, 0.25) is 0 Å². The first kappa shape index (κ1) is 19.8. The third-order valence-electron chi connectivity index (χ3n) is 5.30. The van der Waals surface area contributed by atoms with Gasteiger partial charge >= 0.3 is 0 Å². The van der Waals surface area contributed by atoms with Crippen LogP contribution in [0.5, 0.6) is 17.2 Å². The number of fused-ring (bicyclic) bond motifs is 3. The average molecular weight is 387 g/mol. The molecule has 3 rings (SSSR count). The van der Waals surface area contributed by atoms with Gasteiger partial charge in [-0.15, -0.1) is 10.1 Å². The van der Waals surface area contributed by atoms with Gasteiger partial charge < -0.3 is 19.4 Å². The van der Waals surface area contributed by atoms with Crippen LogP contribution in [0.25, 0.3) is 11.1 Å². The second-order valence-electron chi connectivity index (χ2n) is 8.08. The van der Waals surface area contributed by atoms with Crippen LogP contribution in [-0.2, 0) is 15.9 Å². The molecule has 150 valence electrons. The van der Waals surface area contributed by atoms with E-state index in [1.165, 1.54) is 0 Å². The molecule has 0 fully saturated rings. The Kier molecular flexibility index (Phi) is 4.87. The summed E-state index contributed by atoms with van der Waals surface area (Å²) < 4.78 is 11.6. The third-order valence-corrected chi connectivity index (χ3v) is 5.30. The fourth-order valence-electron chi connectivity index (χ4n) is 3.57. The Labute approximate surface area is 164 Å². The molecule has 0 unspecified atom stereocenters. The highest BCUT2D eigenvalue weighted by Gasteiger charge is 2.36. The van der Waals surface area contributed by atoms with Crippen molar-refractivity contribution in [2.75, 3.05) is 13.7 Å². The fourth-order valence-corrected chi connectivity index (χ4v) is 3.57. The lowest BCUT2D eigenvalue weighted by Crippen LogP contribution is -2.30. The number of benzene rings is 2. The predicted octanol–water partition coefficient (Wildman–Crippen LogP) is 4.57. The minimum Gasteiger partial charge on any atom is -0.507 e. The van der Waals surface area contributed by atoms with Crippen LogP contribution in [0.4, 0.5) is 0 Å². The fraction of sp³-hybridized carbons (Fsp3) is 0.429. The standard InChI is InChI=1S/C21H25NO6/c1-20(2,8-9-27-22(24)25)13-10-17(23)19-15-12-14(26-5)6-7-16(15)21(3,4)28-18(19)11-13/h6-7,10-12,23H,8-9H2,1-5H3. The first-order chi connectivity index (χ1) is 13.0. The number of phenolic OH excluding ortho intramolecular Hbond substituents is 1. The van der Waals surface area contributed by atoms with Gasteiger partial charge in [-0.3, -0.25) is 0 Å². The first-order valence-electron chi connectivity index (χ1n) is 9.08. The zero-order chi connectivity index (χ0) is 20.7. The molecule has 0 spiro atoms. The molecule has 0 aromatic heterocycles. The van der Waals surface area contributed by atoms with Gasteiger partial charge in [0.05, 0.1) is 19.3 Å². The SMILES string of the molecule is COc1ccc2c(c1)-c1c(O)cc(C(C)(C)CCO[N+](=O)[O-])cc1OC2(C)C. The number of hydrogen-bond acceptors (Lipinski definition) is 6. The normalized spacial score (nSPS) is 14.5. The van der Waals surface area contributed by atoms with Crippen molar-refractivity contribution in [1.29, 1.82) is 0 Å². The predicted molar refractivity (Wildman–Crippen MR) is 104 cm³/mol. The highest BCUT2D eigenvalue weighted by molar-refractivity contribution is 5.83. The summed E-state index contributed by atoms with van der Waals surface area (Å²) in [5, 5.41) is 20.5. The molecule has 0 amide bonds. The summed E-state index contributed by atoms with van der Waals surface area (Å²) in [6.07, 6.45) is 0.417. The molecule has 1 aliphatic heterocycles.